The quantitative estimate of drug-likeness (QED) is 0.656. The summed E-state index contributed by atoms with van der Waals surface area (Å²) in [5.41, 5.74) is 0. The molecule has 0 spiro atoms. The molecular weight excluding hydrogens is 208 g/mol. The third-order valence-electron chi connectivity index (χ3n) is 4.29. The first-order valence-corrected chi connectivity index (χ1v) is 7.69. The van der Waals surface area contributed by atoms with E-state index in [4.69, 9.17) is 0 Å². The van der Waals surface area contributed by atoms with Crippen molar-refractivity contribution in [3.05, 3.63) is 0 Å². The normalized spacial score (nSPS) is 25.4. The van der Waals surface area contributed by atoms with Gasteiger partial charge >= 0.3 is 0 Å². The lowest BCUT2D eigenvalue weighted by Crippen LogP contribution is -2.30. The van der Waals surface area contributed by atoms with E-state index in [0.717, 1.165) is 11.8 Å². The van der Waals surface area contributed by atoms with E-state index >= 15 is 0 Å². The Morgan fingerprint density at radius 2 is 1.71 bits per heavy atom. The molecule has 0 aromatic heterocycles. The number of hydrogen-bond donors (Lipinski definition) is 1. The molecular formula is C15H32N2. The van der Waals surface area contributed by atoms with E-state index in [1.165, 1.54) is 64.8 Å². The fourth-order valence-corrected chi connectivity index (χ4v) is 2.81. The van der Waals surface area contributed by atoms with Gasteiger partial charge in [-0.2, -0.15) is 0 Å². The number of nitrogens with one attached hydrogen (secondary N) is 1. The van der Waals surface area contributed by atoms with Gasteiger partial charge in [0, 0.05) is 0 Å². The van der Waals surface area contributed by atoms with E-state index in [-0.39, 0.29) is 0 Å². The molecule has 0 aromatic rings. The van der Waals surface area contributed by atoms with E-state index in [1.54, 1.807) is 0 Å². The second-order valence-electron chi connectivity index (χ2n) is 5.71. The molecule has 17 heavy (non-hydrogen) atoms. The lowest BCUT2D eigenvalue weighted by Gasteiger charge is -2.26. The molecule has 0 saturated heterocycles. The minimum absolute atomic E-state index is 0.958. The first kappa shape index (κ1) is 15.0. The van der Waals surface area contributed by atoms with E-state index in [2.05, 4.69) is 31.0 Å². The highest BCUT2D eigenvalue weighted by Gasteiger charge is 2.17. The van der Waals surface area contributed by atoms with E-state index in [0.29, 0.717) is 0 Å². The van der Waals surface area contributed by atoms with Gasteiger partial charge in [-0.1, -0.05) is 33.6 Å². The number of nitrogens with zero attached hydrogens (tertiary/aromatic N) is 1. The Balaban J connectivity index is 1.93. The summed E-state index contributed by atoms with van der Waals surface area (Å²) in [6.45, 7) is 13.0. The Morgan fingerprint density at radius 3 is 2.29 bits per heavy atom. The van der Waals surface area contributed by atoms with Crippen LogP contribution in [0, 0.1) is 11.8 Å². The third kappa shape index (κ3) is 6.42. The fourth-order valence-electron chi connectivity index (χ4n) is 2.81. The molecule has 1 fully saturated rings. The van der Waals surface area contributed by atoms with Crippen LogP contribution in [-0.4, -0.2) is 37.6 Å². The second-order valence-corrected chi connectivity index (χ2v) is 5.71. The molecule has 0 aromatic carbocycles. The molecule has 1 N–H and O–H groups in total. The summed E-state index contributed by atoms with van der Waals surface area (Å²) in [6, 6.07) is 0. The van der Waals surface area contributed by atoms with Crippen molar-refractivity contribution in [1.29, 1.82) is 0 Å². The van der Waals surface area contributed by atoms with Crippen molar-refractivity contribution in [2.75, 3.05) is 32.7 Å². The maximum absolute atomic E-state index is 3.65. The van der Waals surface area contributed by atoms with Gasteiger partial charge in [0.15, 0.2) is 0 Å². The predicted molar refractivity (Wildman–Crippen MR) is 76.4 cm³/mol. The molecule has 1 rings (SSSR count). The second kappa shape index (κ2) is 8.93. The molecule has 0 atom stereocenters. The van der Waals surface area contributed by atoms with Gasteiger partial charge in [0.25, 0.3) is 0 Å². The van der Waals surface area contributed by atoms with Crippen molar-refractivity contribution in [2.24, 2.45) is 11.8 Å². The maximum atomic E-state index is 3.65. The summed E-state index contributed by atoms with van der Waals surface area (Å²) in [7, 11) is 0. The standard InChI is InChI=1S/C15H32N2/c1-4-17(5-2)12-6-11-16-13-15-9-7-14(3)8-10-15/h14-16H,4-13H2,1-3H3. The van der Waals surface area contributed by atoms with E-state index < -0.39 is 0 Å². The highest BCUT2D eigenvalue weighted by atomic mass is 15.1. The first-order valence-electron chi connectivity index (χ1n) is 7.69. The van der Waals surface area contributed by atoms with Gasteiger partial charge < -0.3 is 10.2 Å². The van der Waals surface area contributed by atoms with Gasteiger partial charge in [-0.15, -0.1) is 0 Å². The molecule has 0 aliphatic heterocycles. The van der Waals surface area contributed by atoms with Crippen LogP contribution in [0.15, 0.2) is 0 Å². The highest BCUT2D eigenvalue weighted by Crippen LogP contribution is 2.27. The monoisotopic (exact) mass is 240 g/mol. The van der Waals surface area contributed by atoms with Gasteiger partial charge in [-0.3, -0.25) is 0 Å². The summed E-state index contributed by atoms with van der Waals surface area (Å²) in [4.78, 5) is 2.50. The van der Waals surface area contributed by atoms with Gasteiger partial charge in [0.2, 0.25) is 0 Å². The van der Waals surface area contributed by atoms with Crippen LogP contribution >= 0.6 is 0 Å². The van der Waals surface area contributed by atoms with Gasteiger partial charge in [-0.25, -0.2) is 0 Å². The summed E-state index contributed by atoms with van der Waals surface area (Å²) >= 11 is 0. The minimum Gasteiger partial charge on any atom is -0.316 e. The Labute approximate surface area is 108 Å². The third-order valence-corrected chi connectivity index (χ3v) is 4.29. The molecule has 2 heteroatoms. The molecule has 102 valence electrons. The van der Waals surface area contributed by atoms with E-state index in [1.807, 2.05) is 0 Å². The molecule has 1 aliphatic carbocycles. The van der Waals surface area contributed by atoms with Gasteiger partial charge in [-0.05, 0) is 63.8 Å². The van der Waals surface area contributed by atoms with Crippen LogP contribution in [0.2, 0.25) is 0 Å². The minimum atomic E-state index is 0.958. The van der Waals surface area contributed by atoms with Crippen molar-refractivity contribution < 1.29 is 0 Å². The summed E-state index contributed by atoms with van der Waals surface area (Å²) in [5.74, 6) is 1.94. The van der Waals surface area contributed by atoms with Gasteiger partial charge in [0.1, 0.15) is 0 Å². The summed E-state index contributed by atoms with van der Waals surface area (Å²) < 4.78 is 0. The highest BCUT2D eigenvalue weighted by molar-refractivity contribution is 4.71. The van der Waals surface area contributed by atoms with Crippen LogP contribution in [0.4, 0.5) is 0 Å². The largest absolute Gasteiger partial charge is 0.316 e. The smallest absolute Gasteiger partial charge is 0.000687 e. The molecule has 0 heterocycles. The predicted octanol–water partition coefficient (Wildman–Crippen LogP) is 3.13. The lowest BCUT2D eigenvalue weighted by molar-refractivity contribution is 0.273. The zero-order valence-corrected chi connectivity index (χ0v) is 12.2. The maximum Gasteiger partial charge on any atom is -0.000687 e. The van der Waals surface area contributed by atoms with Crippen LogP contribution < -0.4 is 5.32 Å². The number of hydrogen-bond acceptors (Lipinski definition) is 2. The number of rotatable bonds is 8. The lowest BCUT2D eigenvalue weighted by atomic mass is 9.83. The van der Waals surface area contributed by atoms with Crippen LogP contribution in [0.1, 0.15) is 52.9 Å². The van der Waals surface area contributed by atoms with Gasteiger partial charge in [0.05, 0.1) is 0 Å². The molecule has 1 saturated carbocycles. The first-order chi connectivity index (χ1) is 8.26. The van der Waals surface area contributed by atoms with Crippen LogP contribution in [-0.2, 0) is 0 Å². The SMILES string of the molecule is CCN(CC)CCCNCC1CCC(C)CC1. The topological polar surface area (TPSA) is 15.3 Å². The van der Waals surface area contributed by atoms with Crippen LogP contribution in [0.25, 0.3) is 0 Å². The average molecular weight is 240 g/mol. The Kier molecular flexibility index (Phi) is 7.87. The molecule has 0 radical (unpaired) electrons. The molecule has 1 aliphatic rings. The molecule has 2 nitrogen and oxygen atoms in total. The molecule has 0 amide bonds. The Bertz CT molecular complexity index is 170. The van der Waals surface area contributed by atoms with Crippen molar-refractivity contribution in [3.63, 3.8) is 0 Å². The van der Waals surface area contributed by atoms with Crippen molar-refractivity contribution in [1.82, 2.24) is 10.2 Å². The Morgan fingerprint density at radius 1 is 1.06 bits per heavy atom. The Hall–Kier alpha value is -0.0800. The van der Waals surface area contributed by atoms with Crippen LogP contribution in [0.3, 0.4) is 0 Å². The summed E-state index contributed by atoms with van der Waals surface area (Å²) in [6.07, 6.45) is 7.09. The van der Waals surface area contributed by atoms with Crippen molar-refractivity contribution >= 4 is 0 Å². The average Bonchev–Trinajstić information content (AvgIpc) is 2.36. The van der Waals surface area contributed by atoms with Crippen molar-refractivity contribution in [2.45, 2.75) is 52.9 Å². The van der Waals surface area contributed by atoms with Crippen molar-refractivity contribution in [3.8, 4) is 0 Å². The zero-order valence-electron chi connectivity index (χ0n) is 12.2. The zero-order chi connectivity index (χ0) is 12.5. The van der Waals surface area contributed by atoms with E-state index in [9.17, 15) is 0 Å². The molecule has 0 bridgehead atoms. The fraction of sp³-hybridized carbons (Fsp3) is 1.00. The summed E-state index contributed by atoms with van der Waals surface area (Å²) in [5, 5.41) is 3.65. The van der Waals surface area contributed by atoms with Crippen LogP contribution in [0.5, 0.6) is 0 Å². The molecule has 0 unspecified atom stereocenters.